The molecular formula is C24H22N8O. The molecule has 0 saturated heterocycles. The second-order valence-electron chi connectivity index (χ2n) is 8.95. The summed E-state index contributed by atoms with van der Waals surface area (Å²) in [6, 6.07) is 5.82. The average molecular weight is 438 g/mol. The van der Waals surface area contributed by atoms with Crippen molar-refractivity contribution >= 4 is 23.1 Å². The quantitative estimate of drug-likeness (QED) is 0.455. The molecule has 9 nitrogen and oxygen atoms in total. The number of pyridine rings is 1. The number of hydrogen-bond acceptors (Lipinski definition) is 6. The molecule has 1 saturated carbocycles. The van der Waals surface area contributed by atoms with E-state index in [2.05, 4.69) is 6.20 Å². The van der Waals surface area contributed by atoms with E-state index in [-0.39, 0.29) is 5.91 Å². The monoisotopic (exact) mass is 438 g/mol. The van der Waals surface area contributed by atoms with Crippen molar-refractivity contribution in [3.05, 3.63) is 59.4 Å². The minimum absolute atomic E-state index is 0.0166. The van der Waals surface area contributed by atoms with Gasteiger partial charge in [0.15, 0.2) is 5.82 Å². The van der Waals surface area contributed by atoms with Crippen molar-refractivity contribution in [3.8, 4) is 11.4 Å². The highest BCUT2D eigenvalue weighted by Gasteiger charge is 2.34. The van der Waals surface area contributed by atoms with Crippen molar-refractivity contribution in [1.29, 1.82) is 0 Å². The van der Waals surface area contributed by atoms with E-state index < -0.39 is 0 Å². The van der Waals surface area contributed by atoms with Gasteiger partial charge >= 0.3 is 0 Å². The highest BCUT2D eigenvalue weighted by atomic mass is 16.2. The minimum Gasteiger partial charge on any atom is -0.298 e. The summed E-state index contributed by atoms with van der Waals surface area (Å²) in [6.45, 7) is 1.20. The van der Waals surface area contributed by atoms with Gasteiger partial charge in [0, 0.05) is 43.9 Å². The molecule has 0 unspecified atom stereocenters. The lowest BCUT2D eigenvalue weighted by atomic mass is 10.1. The fraction of sp³-hybridized carbons (Fsp3) is 0.333. The van der Waals surface area contributed by atoms with Crippen LogP contribution in [0.15, 0.2) is 41.8 Å². The molecule has 4 bridgehead atoms. The number of rotatable bonds is 1. The molecule has 0 N–H and O–H groups in total. The molecule has 1 fully saturated rings. The molecule has 4 aromatic rings. The number of aromatic nitrogens is 6. The van der Waals surface area contributed by atoms with Crippen LogP contribution in [0.1, 0.15) is 54.2 Å². The van der Waals surface area contributed by atoms with E-state index in [9.17, 15) is 4.79 Å². The van der Waals surface area contributed by atoms with Crippen LogP contribution >= 0.6 is 0 Å². The summed E-state index contributed by atoms with van der Waals surface area (Å²) in [5, 5.41) is 4.89. The van der Waals surface area contributed by atoms with Gasteiger partial charge in [0.05, 0.1) is 29.8 Å². The molecule has 0 atom stereocenters. The van der Waals surface area contributed by atoms with Gasteiger partial charge < -0.3 is 0 Å². The first kappa shape index (κ1) is 18.7. The topological polar surface area (TPSA) is 93.6 Å². The van der Waals surface area contributed by atoms with Gasteiger partial charge in [-0.1, -0.05) is 6.07 Å². The number of aliphatic imine (C=N–C) groups is 1. The number of imidazole rings is 1. The van der Waals surface area contributed by atoms with E-state index in [4.69, 9.17) is 25.0 Å². The number of aryl methyl sites for hydroxylation is 1. The van der Waals surface area contributed by atoms with Crippen LogP contribution in [0.5, 0.6) is 0 Å². The van der Waals surface area contributed by atoms with Gasteiger partial charge in [0.25, 0.3) is 0 Å². The Labute approximate surface area is 189 Å². The largest absolute Gasteiger partial charge is 0.298 e. The van der Waals surface area contributed by atoms with Crippen molar-refractivity contribution in [1.82, 2.24) is 29.1 Å². The zero-order valence-electron chi connectivity index (χ0n) is 18.3. The van der Waals surface area contributed by atoms with Crippen LogP contribution in [0.4, 0.5) is 5.82 Å². The molecule has 7 rings (SSSR count). The maximum atomic E-state index is 13.1. The SMILES string of the molecule is CN1C(=O)CCCn2cc(c(C3CC3)n2)C2=NCc3ncc(nc32)-c2c1nc1ccccn21. The summed E-state index contributed by atoms with van der Waals surface area (Å²) in [6.07, 6.45) is 9.23. The van der Waals surface area contributed by atoms with Gasteiger partial charge in [-0.2, -0.15) is 5.10 Å². The van der Waals surface area contributed by atoms with Crippen molar-refractivity contribution in [2.45, 2.75) is 44.7 Å². The number of amides is 1. The Morgan fingerprint density at radius 3 is 2.94 bits per heavy atom. The molecule has 0 aromatic carbocycles. The van der Waals surface area contributed by atoms with Gasteiger partial charge in [-0.05, 0) is 31.4 Å². The molecule has 2 aliphatic heterocycles. The molecule has 0 spiro atoms. The number of carbonyl (C=O) groups excluding carboxylic acids is 1. The number of hydrogen-bond donors (Lipinski definition) is 0. The van der Waals surface area contributed by atoms with Crippen LogP contribution in [0.3, 0.4) is 0 Å². The molecule has 33 heavy (non-hydrogen) atoms. The number of fused-ring (bicyclic) bond motifs is 8. The molecule has 6 heterocycles. The minimum atomic E-state index is 0.0166. The van der Waals surface area contributed by atoms with Crippen molar-refractivity contribution in [2.24, 2.45) is 4.99 Å². The zero-order chi connectivity index (χ0) is 22.1. The summed E-state index contributed by atoms with van der Waals surface area (Å²) in [5.41, 5.74) is 6.91. The van der Waals surface area contributed by atoms with Crippen molar-refractivity contribution < 1.29 is 4.79 Å². The predicted molar refractivity (Wildman–Crippen MR) is 122 cm³/mol. The second-order valence-corrected chi connectivity index (χ2v) is 8.95. The molecule has 4 aromatic heterocycles. The Morgan fingerprint density at radius 1 is 1.15 bits per heavy atom. The van der Waals surface area contributed by atoms with E-state index >= 15 is 0 Å². The van der Waals surface area contributed by atoms with Crippen LogP contribution < -0.4 is 4.90 Å². The number of carbonyl (C=O) groups is 1. The Kier molecular flexibility index (Phi) is 3.85. The van der Waals surface area contributed by atoms with Crippen LogP contribution in [0, 0.1) is 0 Å². The maximum absolute atomic E-state index is 13.1. The summed E-state index contributed by atoms with van der Waals surface area (Å²) >= 11 is 0. The van der Waals surface area contributed by atoms with E-state index in [1.165, 1.54) is 0 Å². The summed E-state index contributed by atoms with van der Waals surface area (Å²) in [4.78, 5) is 34.1. The number of nitrogens with zero attached hydrogens (tertiary/aromatic N) is 8. The van der Waals surface area contributed by atoms with Crippen molar-refractivity contribution in [3.63, 3.8) is 0 Å². The lowest BCUT2D eigenvalue weighted by Gasteiger charge is -2.17. The van der Waals surface area contributed by atoms with Gasteiger partial charge in [0.2, 0.25) is 5.91 Å². The molecule has 1 aliphatic carbocycles. The fourth-order valence-electron chi connectivity index (χ4n) is 4.80. The highest BCUT2D eigenvalue weighted by molar-refractivity contribution is 6.14. The molecule has 164 valence electrons. The second kappa shape index (κ2) is 6.81. The molecule has 0 radical (unpaired) electrons. The summed E-state index contributed by atoms with van der Waals surface area (Å²) < 4.78 is 3.94. The van der Waals surface area contributed by atoms with Crippen LogP contribution in [-0.2, 0) is 17.9 Å². The van der Waals surface area contributed by atoms with Crippen LogP contribution in [0.25, 0.3) is 17.0 Å². The van der Waals surface area contributed by atoms with E-state index in [0.29, 0.717) is 43.4 Å². The summed E-state index contributed by atoms with van der Waals surface area (Å²) in [7, 11) is 1.78. The fourth-order valence-corrected chi connectivity index (χ4v) is 4.80. The first-order valence-electron chi connectivity index (χ1n) is 11.4. The molecular weight excluding hydrogens is 416 g/mol. The van der Waals surface area contributed by atoms with Gasteiger partial charge in [-0.25, -0.2) is 9.97 Å². The molecule has 1 amide bonds. The lowest BCUT2D eigenvalue weighted by molar-refractivity contribution is -0.118. The van der Waals surface area contributed by atoms with Gasteiger partial charge in [-0.3, -0.25) is 28.8 Å². The Hall–Kier alpha value is -3.88. The smallest absolute Gasteiger partial charge is 0.228 e. The van der Waals surface area contributed by atoms with E-state index in [0.717, 1.165) is 52.5 Å². The first-order valence-corrected chi connectivity index (χ1v) is 11.4. The molecule has 9 heteroatoms. The van der Waals surface area contributed by atoms with E-state index in [1.54, 1.807) is 18.1 Å². The zero-order valence-corrected chi connectivity index (χ0v) is 18.3. The normalized spacial score (nSPS) is 17.8. The average Bonchev–Trinajstić information content (AvgIpc) is 3.28. The third-order valence-electron chi connectivity index (χ3n) is 6.69. The van der Waals surface area contributed by atoms with Crippen molar-refractivity contribution in [2.75, 3.05) is 11.9 Å². The Balaban J connectivity index is 1.48. The van der Waals surface area contributed by atoms with Crippen LogP contribution in [0.2, 0.25) is 0 Å². The van der Waals surface area contributed by atoms with E-state index in [1.807, 2.05) is 33.5 Å². The van der Waals surface area contributed by atoms with Gasteiger partial charge in [-0.15, -0.1) is 0 Å². The lowest BCUT2D eigenvalue weighted by Crippen LogP contribution is -2.27. The highest BCUT2D eigenvalue weighted by Crippen LogP contribution is 2.42. The first-order chi connectivity index (χ1) is 16.2. The third kappa shape index (κ3) is 2.84. The third-order valence-corrected chi connectivity index (χ3v) is 6.69. The Bertz CT molecular complexity index is 1480. The van der Waals surface area contributed by atoms with Crippen LogP contribution in [-0.4, -0.2) is 47.8 Å². The predicted octanol–water partition coefficient (Wildman–Crippen LogP) is 2.97. The molecule has 3 aliphatic rings. The maximum Gasteiger partial charge on any atom is 0.228 e. The summed E-state index contributed by atoms with van der Waals surface area (Å²) in [5.74, 6) is 1.09. The Morgan fingerprint density at radius 2 is 2.06 bits per heavy atom. The van der Waals surface area contributed by atoms with Gasteiger partial charge in [0.1, 0.15) is 22.7 Å². The number of anilines is 1. The standard InChI is InChI=1S/C24H22N8O/c1-30-19(33)6-4-9-31-13-15(20(29-31)14-7-8-14)21-22-16(11-26-21)25-12-17(27-22)23-24(30)28-18-5-2-3-10-32(18)23/h2-3,5,10,12-14H,4,6-9,11H2,1H3.